The van der Waals surface area contributed by atoms with Crippen LogP contribution in [0.15, 0.2) is 17.1 Å². The molecule has 0 unspecified atom stereocenters. The van der Waals surface area contributed by atoms with Gasteiger partial charge < -0.3 is 14.4 Å². The highest BCUT2D eigenvalue weighted by Crippen LogP contribution is 2.46. The van der Waals surface area contributed by atoms with E-state index < -0.39 is 9.84 Å². The molecule has 2 heterocycles. The van der Waals surface area contributed by atoms with Crippen molar-refractivity contribution in [2.75, 3.05) is 30.6 Å². The van der Waals surface area contributed by atoms with Crippen molar-refractivity contribution in [3.8, 4) is 11.5 Å². The summed E-state index contributed by atoms with van der Waals surface area (Å²) >= 11 is 7.65. The van der Waals surface area contributed by atoms with E-state index in [9.17, 15) is 13.2 Å². The van der Waals surface area contributed by atoms with Crippen LogP contribution >= 0.6 is 23.4 Å². The third-order valence-corrected chi connectivity index (χ3v) is 8.25. The van der Waals surface area contributed by atoms with Gasteiger partial charge in [-0.05, 0) is 12.5 Å². The average Bonchev–Trinajstić information content (AvgIpc) is 3.10. The summed E-state index contributed by atoms with van der Waals surface area (Å²) in [5.74, 6) is 0.769. The highest BCUT2D eigenvalue weighted by atomic mass is 35.5. The Hall–Kier alpha value is -1.45. The number of carbonyl (C=O) groups excluding carboxylic acids is 1. The predicted octanol–water partition coefficient (Wildman–Crippen LogP) is 3.15. The Morgan fingerprint density at radius 3 is 2.64 bits per heavy atom. The number of amides is 1. The third-order valence-electron chi connectivity index (χ3n) is 4.74. The van der Waals surface area contributed by atoms with Gasteiger partial charge in [-0.1, -0.05) is 36.7 Å². The minimum atomic E-state index is -3.16. The number of amidine groups is 1. The van der Waals surface area contributed by atoms with Crippen LogP contribution in [0, 0.1) is 0 Å². The SMILES string of the molecule is CCCCC(=O)N=C1S[C@@H]2CS(=O)(=O)C[C@H]2N1c1cc(Cl)c(OC)cc1OC. The summed E-state index contributed by atoms with van der Waals surface area (Å²) in [5.41, 5.74) is 0.576. The van der Waals surface area contributed by atoms with E-state index in [-0.39, 0.29) is 28.7 Å². The number of halogens is 1. The monoisotopic (exact) mass is 446 g/mol. The summed E-state index contributed by atoms with van der Waals surface area (Å²) in [7, 11) is -0.136. The van der Waals surface area contributed by atoms with Gasteiger partial charge in [0.25, 0.3) is 0 Å². The lowest BCUT2D eigenvalue weighted by atomic mass is 10.1. The van der Waals surface area contributed by atoms with Crippen LogP contribution in [0.1, 0.15) is 26.2 Å². The first kappa shape index (κ1) is 21.3. The van der Waals surface area contributed by atoms with E-state index >= 15 is 0 Å². The fraction of sp³-hybridized carbons (Fsp3) is 0.556. The van der Waals surface area contributed by atoms with Crippen LogP contribution in [0.4, 0.5) is 5.69 Å². The number of hydrogen-bond donors (Lipinski definition) is 0. The number of sulfone groups is 1. The summed E-state index contributed by atoms with van der Waals surface area (Å²) in [6.07, 6.45) is 2.03. The maximum atomic E-state index is 12.3. The maximum Gasteiger partial charge on any atom is 0.248 e. The highest BCUT2D eigenvalue weighted by molar-refractivity contribution is 8.16. The number of anilines is 1. The molecule has 154 valence electrons. The fourth-order valence-electron chi connectivity index (χ4n) is 3.37. The van der Waals surface area contributed by atoms with E-state index in [2.05, 4.69) is 4.99 Å². The van der Waals surface area contributed by atoms with Crippen LogP contribution in [-0.4, -0.2) is 56.5 Å². The largest absolute Gasteiger partial charge is 0.495 e. The van der Waals surface area contributed by atoms with E-state index in [0.717, 1.165) is 12.8 Å². The predicted molar refractivity (Wildman–Crippen MR) is 113 cm³/mol. The lowest BCUT2D eigenvalue weighted by Crippen LogP contribution is -2.38. The van der Waals surface area contributed by atoms with Gasteiger partial charge in [-0.15, -0.1) is 0 Å². The van der Waals surface area contributed by atoms with Crippen molar-refractivity contribution in [1.82, 2.24) is 0 Å². The van der Waals surface area contributed by atoms with Gasteiger partial charge in [0, 0.05) is 17.7 Å². The summed E-state index contributed by atoms with van der Waals surface area (Å²) in [4.78, 5) is 18.4. The second kappa shape index (κ2) is 8.51. The smallest absolute Gasteiger partial charge is 0.248 e. The molecule has 0 bridgehead atoms. The normalized spacial score (nSPS) is 24.4. The summed E-state index contributed by atoms with van der Waals surface area (Å²) in [5, 5.41) is 0.670. The topological polar surface area (TPSA) is 85.3 Å². The van der Waals surface area contributed by atoms with Crippen molar-refractivity contribution < 1.29 is 22.7 Å². The summed E-state index contributed by atoms with van der Waals surface area (Å²) in [6.45, 7) is 2.01. The summed E-state index contributed by atoms with van der Waals surface area (Å²) in [6, 6.07) is 2.99. The van der Waals surface area contributed by atoms with Crippen molar-refractivity contribution in [1.29, 1.82) is 0 Å². The van der Waals surface area contributed by atoms with Crippen LogP contribution in [0.2, 0.25) is 5.02 Å². The second-order valence-electron chi connectivity index (χ2n) is 6.72. The number of unbranched alkanes of at least 4 members (excludes halogenated alkanes) is 1. The molecular formula is C18H23ClN2O5S2. The number of ether oxygens (including phenoxy) is 2. The van der Waals surface area contributed by atoms with Gasteiger partial charge >= 0.3 is 0 Å². The quantitative estimate of drug-likeness (QED) is 0.663. The molecule has 7 nitrogen and oxygen atoms in total. The Morgan fingerprint density at radius 1 is 1.29 bits per heavy atom. The number of fused-ring (bicyclic) bond motifs is 1. The van der Waals surface area contributed by atoms with Gasteiger partial charge in [0.15, 0.2) is 15.0 Å². The first-order valence-electron chi connectivity index (χ1n) is 8.99. The molecule has 0 radical (unpaired) electrons. The molecule has 28 heavy (non-hydrogen) atoms. The zero-order chi connectivity index (χ0) is 20.5. The van der Waals surface area contributed by atoms with Crippen molar-refractivity contribution in [2.45, 2.75) is 37.5 Å². The van der Waals surface area contributed by atoms with Crippen molar-refractivity contribution in [3.05, 3.63) is 17.2 Å². The van der Waals surface area contributed by atoms with Crippen LogP contribution in [0.3, 0.4) is 0 Å². The van der Waals surface area contributed by atoms with E-state index in [4.69, 9.17) is 21.1 Å². The van der Waals surface area contributed by atoms with E-state index in [1.54, 1.807) is 17.0 Å². The fourth-order valence-corrected chi connectivity index (χ4v) is 7.53. The van der Waals surface area contributed by atoms with Crippen LogP contribution in [-0.2, 0) is 14.6 Å². The Bertz CT molecular complexity index is 903. The van der Waals surface area contributed by atoms with Crippen LogP contribution in [0.25, 0.3) is 0 Å². The maximum absolute atomic E-state index is 12.3. The molecule has 2 aliphatic rings. The minimum absolute atomic E-state index is 0.000357. The van der Waals surface area contributed by atoms with E-state index in [1.165, 1.54) is 26.0 Å². The zero-order valence-electron chi connectivity index (χ0n) is 16.0. The molecule has 0 aliphatic carbocycles. The Morgan fingerprint density at radius 2 is 2.00 bits per heavy atom. The van der Waals surface area contributed by atoms with Gasteiger partial charge in [-0.3, -0.25) is 4.79 Å². The number of carbonyl (C=O) groups is 1. The van der Waals surface area contributed by atoms with Crippen molar-refractivity contribution in [2.24, 2.45) is 4.99 Å². The molecule has 0 N–H and O–H groups in total. The molecule has 0 saturated carbocycles. The molecule has 2 aliphatic heterocycles. The Kier molecular flexibility index (Phi) is 6.46. The number of rotatable bonds is 6. The second-order valence-corrected chi connectivity index (χ2v) is 10.5. The van der Waals surface area contributed by atoms with Crippen LogP contribution < -0.4 is 14.4 Å². The third kappa shape index (κ3) is 4.26. The average molecular weight is 447 g/mol. The standard InChI is InChI=1S/C18H23ClN2O5S2/c1-4-5-6-17(22)20-18-21(13-9-28(23,24)10-16(13)27-18)12-7-11(19)14(25-2)8-15(12)26-3/h7-8,13,16H,4-6,9-10H2,1-3H3/t13-,16-/m1/s1. The Balaban J connectivity index is 2.06. The van der Waals surface area contributed by atoms with Gasteiger partial charge in [0.05, 0.1) is 42.5 Å². The van der Waals surface area contributed by atoms with Gasteiger partial charge in [-0.2, -0.15) is 4.99 Å². The molecule has 1 amide bonds. The lowest BCUT2D eigenvalue weighted by molar-refractivity contribution is -0.117. The molecule has 0 spiro atoms. The molecule has 0 aromatic heterocycles. The number of thioether (sulfide) groups is 1. The summed E-state index contributed by atoms with van der Waals surface area (Å²) < 4.78 is 35.1. The number of hydrogen-bond acceptors (Lipinski definition) is 6. The molecule has 1 aromatic carbocycles. The number of nitrogens with zero attached hydrogens (tertiary/aromatic N) is 2. The van der Waals surface area contributed by atoms with Gasteiger partial charge in [0.1, 0.15) is 11.5 Å². The number of methoxy groups -OCH3 is 2. The molecule has 1 aromatic rings. The number of aliphatic imine (C=N–C) groups is 1. The first-order chi connectivity index (χ1) is 13.3. The van der Waals surface area contributed by atoms with E-state index in [1.807, 2.05) is 6.92 Å². The molecule has 10 heteroatoms. The molecule has 2 saturated heterocycles. The lowest BCUT2D eigenvalue weighted by Gasteiger charge is -2.26. The molecular weight excluding hydrogens is 424 g/mol. The van der Waals surface area contributed by atoms with Crippen molar-refractivity contribution in [3.63, 3.8) is 0 Å². The number of benzene rings is 1. The van der Waals surface area contributed by atoms with Gasteiger partial charge in [0.2, 0.25) is 5.91 Å². The Labute approximate surface area is 174 Å². The molecule has 3 rings (SSSR count). The minimum Gasteiger partial charge on any atom is -0.495 e. The molecule has 2 fully saturated rings. The first-order valence-corrected chi connectivity index (χ1v) is 12.1. The van der Waals surface area contributed by atoms with E-state index in [0.29, 0.717) is 33.8 Å². The molecule has 2 atom stereocenters. The van der Waals surface area contributed by atoms with Gasteiger partial charge in [-0.25, -0.2) is 8.42 Å². The van der Waals surface area contributed by atoms with Crippen LogP contribution in [0.5, 0.6) is 11.5 Å². The highest BCUT2D eigenvalue weighted by Gasteiger charge is 2.50. The van der Waals surface area contributed by atoms with Crippen molar-refractivity contribution >= 4 is 50.0 Å². The zero-order valence-corrected chi connectivity index (χ0v) is 18.4.